The van der Waals surface area contributed by atoms with Crippen LogP contribution in [-0.4, -0.2) is 36.6 Å². The quantitative estimate of drug-likeness (QED) is 0.499. The molecular formula is C24H24ClN3O4S. The Morgan fingerprint density at radius 2 is 2.15 bits per heavy atom. The number of rotatable bonds is 7. The topological polar surface area (TPSA) is 80.8 Å². The van der Waals surface area contributed by atoms with E-state index in [1.165, 1.54) is 12.0 Å². The largest absolute Gasteiger partial charge is 0.495 e. The molecule has 2 amide bonds. The van der Waals surface area contributed by atoms with Crippen LogP contribution in [0.15, 0.2) is 41.8 Å². The lowest BCUT2D eigenvalue weighted by molar-refractivity contribution is -0.125. The number of fused-ring (bicyclic) bond motifs is 1. The van der Waals surface area contributed by atoms with Crippen LogP contribution in [0.5, 0.6) is 11.5 Å². The summed E-state index contributed by atoms with van der Waals surface area (Å²) in [6.45, 7) is 3.67. The molecule has 0 spiro atoms. The molecule has 9 heteroatoms. The Bertz CT molecular complexity index is 1200. The van der Waals surface area contributed by atoms with Gasteiger partial charge in [0.15, 0.2) is 6.61 Å². The lowest BCUT2D eigenvalue weighted by Crippen LogP contribution is -2.49. The maximum atomic E-state index is 13.0. The van der Waals surface area contributed by atoms with Crippen molar-refractivity contribution in [3.63, 3.8) is 0 Å². The lowest BCUT2D eigenvalue weighted by atomic mass is 10.1. The van der Waals surface area contributed by atoms with Gasteiger partial charge < -0.3 is 14.8 Å². The van der Waals surface area contributed by atoms with E-state index in [9.17, 15) is 9.59 Å². The number of aryl methyl sites for hydroxylation is 1. The number of thiazole rings is 1. The Labute approximate surface area is 201 Å². The normalized spacial score (nSPS) is 13.8. The standard InChI is InChI=1S/C24H24ClN3O4S/c1-4-5-22-27-18(13-33-22)15-6-8-21-19(10-15)28(23(29)12-32-21)14(2)24(30)26-16-7-9-20(31-3)17(25)11-16/h6-11,13-14H,4-5,12H2,1-3H3,(H,26,30). The number of carbonyl (C=O) groups excluding carboxylic acids is 2. The fourth-order valence-corrected chi connectivity index (χ4v) is 4.80. The number of anilines is 2. The van der Waals surface area contributed by atoms with E-state index in [0.717, 1.165) is 29.1 Å². The van der Waals surface area contributed by atoms with Gasteiger partial charge in [-0.15, -0.1) is 11.3 Å². The molecule has 33 heavy (non-hydrogen) atoms. The van der Waals surface area contributed by atoms with E-state index in [1.807, 2.05) is 23.6 Å². The molecule has 1 aromatic heterocycles. The van der Waals surface area contributed by atoms with E-state index in [-0.39, 0.29) is 18.4 Å². The van der Waals surface area contributed by atoms with Crippen LogP contribution in [-0.2, 0) is 16.0 Å². The zero-order valence-corrected chi connectivity index (χ0v) is 20.1. The summed E-state index contributed by atoms with van der Waals surface area (Å²) < 4.78 is 10.8. The summed E-state index contributed by atoms with van der Waals surface area (Å²) in [7, 11) is 1.52. The molecule has 0 saturated heterocycles. The average Bonchev–Trinajstić information content (AvgIpc) is 3.27. The van der Waals surface area contributed by atoms with Crippen LogP contribution in [0.2, 0.25) is 5.02 Å². The molecule has 7 nitrogen and oxygen atoms in total. The molecule has 1 aliphatic heterocycles. The predicted octanol–water partition coefficient (Wildman–Crippen LogP) is 5.18. The van der Waals surface area contributed by atoms with E-state index < -0.39 is 6.04 Å². The van der Waals surface area contributed by atoms with Gasteiger partial charge in [-0.2, -0.15) is 0 Å². The van der Waals surface area contributed by atoms with Gasteiger partial charge in [-0.3, -0.25) is 14.5 Å². The Morgan fingerprint density at radius 1 is 1.33 bits per heavy atom. The molecule has 1 aliphatic rings. The Hall–Kier alpha value is -3.10. The minimum atomic E-state index is -0.776. The highest BCUT2D eigenvalue weighted by molar-refractivity contribution is 7.09. The summed E-state index contributed by atoms with van der Waals surface area (Å²) in [6.07, 6.45) is 1.95. The third-order valence-electron chi connectivity index (χ3n) is 5.34. The average molecular weight is 486 g/mol. The molecule has 2 aromatic carbocycles. The number of nitrogens with zero attached hydrogens (tertiary/aromatic N) is 2. The molecule has 2 heterocycles. The second kappa shape index (κ2) is 9.80. The first-order valence-electron chi connectivity index (χ1n) is 10.6. The fourth-order valence-electron chi connectivity index (χ4n) is 3.64. The fraction of sp³-hybridized carbons (Fsp3) is 0.292. The molecule has 3 aromatic rings. The van der Waals surface area contributed by atoms with Gasteiger partial charge >= 0.3 is 0 Å². The highest BCUT2D eigenvalue weighted by atomic mass is 35.5. The summed E-state index contributed by atoms with van der Waals surface area (Å²) >= 11 is 7.78. The van der Waals surface area contributed by atoms with Gasteiger partial charge in [0.1, 0.15) is 17.5 Å². The summed E-state index contributed by atoms with van der Waals surface area (Å²) in [4.78, 5) is 32.0. The number of hydrogen-bond donors (Lipinski definition) is 1. The minimum Gasteiger partial charge on any atom is -0.495 e. The van der Waals surface area contributed by atoms with Crippen LogP contribution >= 0.6 is 22.9 Å². The van der Waals surface area contributed by atoms with Gasteiger partial charge in [0.25, 0.3) is 5.91 Å². The van der Waals surface area contributed by atoms with Crippen molar-refractivity contribution in [3.8, 4) is 22.8 Å². The van der Waals surface area contributed by atoms with Crippen LogP contribution < -0.4 is 19.7 Å². The van der Waals surface area contributed by atoms with Crippen molar-refractivity contribution >= 4 is 46.1 Å². The molecule has 172 valence electrons. The first kappa shape index (κ1) is 23.1. The molecule has 0 bridgehead atoms. The number of carbonyl (C=O) groups is 2. The van der Waals surface area contributed by atoms with Crippen molar-refractivity contribution in [2.45, 2.75) is 32.7 Å². The van der Waals surface area contributed by atoms with Gasteiger partial charge in [-0.1, -0.05) is 18.5 Å². The maximum absolute atomic E-state index is 13.0. The van der Waals surface area contributed by atoms with Crippen molar-refractivity contribution in [1.29, 1.82) is 0 Å². The first-order valence-corrected chi connectivity index (χ1v) is 11.8. The van der Waals surface area contributed by atoms with Crippen LogP contribution in [0.1, 0.15) is 25.3 Å². The summed E-state index contributed by atoms with van der Waals surface area (Å²) in [6, 6.07) is 9.78. The molecule has 0 aliphatic carbocycles. The zero-order valence-electron chi connectivity index (χ0n) is 18.6. The number of ether oxygens (including phenoxy) is 2. The van der Waals surface area contributed by atoms with E-state index in [0.29, 0.717) is 27.9 Å². The highest BCUT2D eigenvalue weighted by Crippen LogP contribution is 2.37. The number of benzene rings is 2. The van der Waals surface area contributed by atoms with Gasteiger partial charge in [0.05, 0.1) is 28.5 Å². The van der Waals surface area contributed by atoms with Gasteiger partial charge in [0, 0.05) is 16.6 Å². The Kier molecular flexibility index (Phi) is 6.85. The molecule has 4 rings (SSSR count). The SMILES string of the molecule is CCCc1nc(-c2ccc3c(c2)N(C(C)C(=O)Nc2ccc(OC)c(Cl)c2)C(=O)CO3)cs1. The van der Waals surface area contributed by atoms with Crippen LogP contribution in [0.4, 0.5) is 11.4 Å². The summed E-state index contributed by atoms with van der Waals surface area (Å²) in [5, 5.41) is 6.28. The molecule has 1 atom stereocenters. The van der Waals surface area contributed by atoms with Crippen molar-refractivity contribution in [2.75, 3.05) is 23.9 Å². The van der Waals surface area contributed by atoms with Gasteiger partial charge in [-0.05, 0) is 56.2 Å². The predicted molar refractivity (Wildman–Crippen MR) is 131 cm³/mol. The molecule has 0 fully saturated rings. The number of halogens is 1. The summed E-state index contributed by atoms with van der Waals surface area (Å²) in [5.41, 5.74) is 2.77. The Morgan fingerprint density at radius 3 is 2.88 bits per heavy atom. The van der Waals surface area contributed by atoms with Gasteiger partial charge in [-0.25, -0.2) is 4.98 Å². The molecule has 1 unspecified atom stereocenters. The number of nitrogens with one attached hydrogen (secondary N) is 1. The third kappa shape index (κ3) is 4.82. The minimum absolute atomic E-state index is 0.129. The second-order valence-corrected chi connectivity index (χ2v) is 8.98. The van der Waals surface area contributed by atoms with Crippen molar-refractivity contribution in [1.82, 2.24) is 4.98 Å². The monoisotopic (exact) mass is 485 g/mol. The van der Waals surface area contributed by atoms with Gasteiger partial charge in [0.2, 0.25) is 5.91 Å². The first-order chi connectivity index (χ1) is 15.9. The highest BCUT2D eigenvalue weighted by Gasteiger charge is 2.33. The maximum Gasteiger partial charge on any atom is 0.265 e. The summed E-state index contributed by atoms with van der Waals surface area (Å²) in [5.74, 6) is 0.424. The van der Waals surface area contributed by atoms with E-state index >= 15 is 0 Å². The van der Waals surface area contributed by atoms with Crippen LogP contribution in [0.3, 0.4) is 0 Å². The second-order valence-electron chi connectivity index (χ2n) is 7.63. The molecular weight excluding hydrogens is 462 g/mol. The van der Waals surface area contributed by atoms with Crippen LogP contribution in [0.25, 0.3) is 11.3 Å². The number of aromatic nitrogens is 1. The smallest absolute Gasteiger partial charge is 0.265 e. The van der Waals surface area contributed by atoms with Crippen molar-refractivity contribution in [3.05, 3.63) is 51.8 Å². The van der Waals surface area contributed by atoms with E-state index in [4.69, 9.17) is 26.1 Å². The van der Waals surface area contributed by atoms with E-state index in [1.54, 1.807) is 36.5 Å². The molecule has 1 N–H and O–H groups in total. The number of methoxy groups -OCH3 is 1. The van der Waals surface area contributed by atoms with Crippen molar-refractivity contribution < 1.29 is 19.1 Å². The molecule has 0 radical (unpaired) electrons. The Balaban J connectivity index is 1.60. The van der Waals surface area contributed by atoms with Crippen molar-refractivity contribution in [2.24, 2.45) is 0 Å². The molecule has 0 saturated carbocycles. The number of amides is 2. The lowest BCUT2D eigenvalue weighted by Gasteiger charge is -2.33. The van der Waals surface area contributed by atoms with E-state index in [2.05, 4.69) is 12.2 Å². The number of hydrogen-bond acceptors (Lipinski definition) is 6. The third-order valence-corrected chi connectivity index (χ3v) is 6.54. The zero-order chi connectivity index (χ0) is 23.5. The van der Waals surface area contributed by atoms with Crippen LogP contribution in [0, 0.1) is 0 Å².